The van der Waals surface area contributed by atoms with Crippen molar-refractivity contribution in [3.8, 4) is 0 Å². The average molecular weight is 299 g/mol. The van der Waals surface area contributed by atoms with Crippen LogP contribution < -0.4 is 5.32 Å². The molecule has 0 aromatic rings. The molecule has 21 heavy (non-hydrogen) atoms. The number of unbranched alkanes of at least 4 members (excludes halogenated alkanes) is 1. The molecule has 2 atom stereocenters. The van der Waals surface area contributed by atoms with Gasteiger partial charge in [-0.05, 0) is 31.2 Å². The summed E-state index contributed by atoms with van der Waals surface area (Å²) in [5, 5.41) is 13.3. The van der Waals surface area contributed by atoms with Crippen LogP contribution in [0.1, 0.15) is 71.6 Å². The van der Waals surface area contributed by atoms with E-state index in [-0.39, 0.29) is 6.10 Å². The van der Waals surface area contributed by atoms with Crippen molar-refractivity contribution in [2.45, 2.75) is 77.7 Å². The fraction of sp³-hybridized carbons (Fsp3) is 1.00. The topological polar surface area (TPSA) is 41.5 Å². The minimum atomic E-state index is -0.364. The van der Waals surface area contributed by atoms with E-state index in [0.29, 0.717) is 19.1 Å². The molecule has 0 heterocycles. The molecule has 0 spiro atoms. The molecule has 1 aliphatic rings. The second-order valence-corrected chi connectivity index (χ2v) is 6.75. The van der Waals surface area contributed by atoms with Gasteiger partial charge in [-0.1, -0.05) is 58.8 Å². The number of rotatable bonds is 13. The molecule has 3 nitrogen and oxygen atoms in total. The van der Waals surface area contributed by atoms with Crippen molar-refractivity contribution < 1.29 is 9.84 Å². The van der Waals surface area contributed by atoms with E-state index in [1.165, 1.54) is 57.8 Å². The Bertz CT molecular complexity index is 229. The Morgan fingerprint density at radius 3 is 2.62 bits per heavy atom. The van der Waals surface area contributed by atoms with Gasteiger partial charge in [0.2, 0.25) is 0 Å². The van der Waals surface area contributed by atoms with Gasteiger partial charge in [-0.25, -0.2) is 0 Å². The van der Waals surface area contributed by atoms with Crippen LogP contribution >= 0.6 is 0 Å². The summed E-state index contributed by atoms with van der Waals surface area (Å²) in [6, 6.07) is 0. The summed E-state index contributed by atoms with van der Waals surface area (Å²) in [5.41, 5.74) is 0. The molecule has 2 unspecified atom stereocenters. The first-order valence-electron chi connectivity index (χ1n) is 9.22. The molecule has 0 saturated heterocycles. The summed E-state index contributed by atoms with van der Waals surface area (Å²) in [6.45, 7) is 7.43. The molecular weight excluding hydrogens is 262 g/mol. The van der Waals surface area contributed by atoms with Crippen LogP contribution in [0.15, 0.2) is 0 Å². The zero-order chi connectivity index (χ0) is 15.3. The summed E-state index contributed by atoms with van der Waals surface area (Å²) in [6.07, 6.45) is 11.5. The highest BCUT2D eigenvalue weighted by molar-refractivity contribution is 4.69. The average Bonchev–Trinajstić information content (AvgIpc) is 3.00. The second-order valence-electron chi connectivity index (χ2n) is 6.75. The van der Waals surface area contributed by atoms with Crippen LogP contribution in [0.25, 0.3) is 0 Å². The molecule has 1 saturated carbocycles. The van der Waals surface area contributed by atoms with E-state index < -0.39 is 0 Å². The minimum Gasteiger partial charge on any atom is -0.389 e. The van der Waals surface area contributed by atoms with Crippen molar-refractivity contribution in [1.29, 1.82) is 0 Å². The third kappa shape index (κ3) is 9.49. The molecule has 1 rings (SSSR count). The zero-order valence-electron chi connectivity index (χ0n) is 14.3. The summed E-state index contributed by atoms with van der Waals surface area (Å²) in [7, 11) is 0. The van der Waals surface area contributed by atoms with E-state index in [1.807, 2.05) is 0 Å². The molecule has 0 bridgehead atoms. The van der Waals surface area contributed by atoms with Gasteiger partial charge in [0.15, 0.2) is 0 Å². The number of aliphatic hydroxyl groups is 1. The monoisotopic (exact) mass is 299 g/mol. The number of aliphatic hydroxyl groups excluding tert-OH is 1. The van der Waals surface area contributed by atoms with Gasteiger partial charge >= 0.3 is 0 Å². The fourth-order valence-electron chi connectivity index (χ4n) is 3.20. The number of ether oxygens (including phenoxy) is 1. The largest absolute Gasteiger partial charge is 0.389 e. The Morgan fingerprint density at radius 1 is 1.19 bits per heavy atom. The van der Waals surface area contributed by atoms with E-state index in [0.717, 1.165) is 19.1 Å². The first-order chi connectivity index (χ1) is 10.3. The highest BCUT2D eigenvalue weighted by Crippen LogP contribution is 2.26. The van der Waals surface area contributed by atoms with Crippen LogP contribution in [-0.4, -0.2) is 37.5 Å². The van der Waals surface area contributed by atoms with Gasteiger partial charge in [0, 0.05) is 13.2 Å². The molecule has 0 radical (unpaired) electrons. The van der Waals surface area contributed by atoms with Crippen molar-refractivity contribution in [3.05, 3.63) is 0 Å². The van der Waals surface area contributed by atoms with Crippen LogP contribution in [0, 0.1) is 11.8 Å². The number of hydrogen-bond donors (Lipinski definition) is 2. The van der Waals surface area contributed by atoms with Gasteiger partial charge in [-0.2, -0.15) is 0 Å². The summed E-state index contributed by atoms with van der Waals surface area (Å²) < 4.78 is 5.69. The van der Waals surface area contributed by atoms with Crippen molar-refractivity contribution in [2.24, 2.45) is 11.8 Å². The third-order valence-corrected chi connectivity index (χ3v) is 4.79. The first kappa shape index (κ1) is 18.9. The molecule has 126 valence electrons. The van der Waals surface area contributed by atoms with Crippen LogP contribution in [-0.2, 0) is 4.74 Å². The first-order valence-corrected chi connectivity index (χ1v) is 9.22. The van der Waals surface area contributed by atoms with E-state index in [2.05, 4.69) is 19.2 Å². The maximum Gasteiger partial charge on any atom is 0.0897 e. The van der Waals surface area contributed by atoms with Crippen LogP contribution in [0.2, 0.25) is 0 Å². The van der Waals surface area contributed by atoms with E-state index in [9.17, 15) is 5.11 Å². The number of hydrogen-bond acceptors (Lipinski definition) is 3. The lowest BCUT2D eigenvalue weighted by Gasteiger charge is -2.17. The van der Waals surface area contributed by atoms with Crippen molar-refractivity contribution in [3.63, 3.8) is 0 Å². The van der Waals surface area contributed by atoms with Gasteiger partial charge < -0.3 is 15.2 Å². The molecule has 0 aromatic heterocycles. The predicted octanol–water partition coefficient (Wildman–Crippen LogP) is 3.75. The molecular formula is C18H37NO2. The smallest absolute Gasteiger partial charge is 0.0897 e. The highest BCUT2D eigenvalue weighted by atomic mass is 16.5. The Hall–Kier alpha value is -0.120. The van der Waals surface area contributed by atoms with Crippen molar-refractivity contribution in [1.82, 2.24) is 5.32 Å². The second kappa shape index (κ2) is 12.4. The lowest BCUT2D eigenvalue weighted by atomic mass is 10.0. The van der Waals surface area contributed by atoms with E-state index >= 15 is 0 Å². The molecule has 1 fully saturated rings. The van der Waals surface area contributed by atoms with Gasteiger partial charge in [-0.3, -0.25) is 0 Å². The van der Waals surface area contributed by atoms with E-state index in [4.69, 9.17) is 4.74 Å². The predicted molar refractivity (Wildman–Crippen MR) is 89.6 cm³/mol. The summed E-state index contributed by atoms with van der Waals surface area (Å²) in [4.78, 5) is 0. The standard InChI is InChI=1S/C18H37NO2/c1-3-5-8-16(4-2)14-21-15-18(20)13-19-12-11-17-9-6-7-10-17/h16-20H,3-15H2,1-2H3. The lowest BCUT2D eigenvalue weighted by Crippen LogP contribution is -2.32. The molecule has 1 aliphatic carbocycles. The Morgan fingerprint density at radius 2 is 1.95 bits per heavy atom. The van der Waals surface area contributed by atoms with Gasteiger partial charge in [0.25, 0.3) is 0 Å². The highest BCUT2D eigenvalue weighted by Gasteiger charge is 2.14. The summed E-state index contributed by atoms with van der Waals surface area (Å²) in [5.74, 6) is 1.59. The maximum atomic E-state index is 9.92. The fourth-order valence-corrected chi connectivity index (χ4v) is 3.20. The molecule has 0 amide bonds. The zero-order valence-corrected chi connectivity index (χ0v) is 14.3. The van der Waals surface area contributed by atoms with Crippen LogP contribution in [0.4, 0.5) is 0 Å². The van der Waals surface area contributed by atoms with Crippen LogP contribution in [0.5, 0.6) is 0 Å². The Balaban J connectivity index is 1.93. The van der Waals surface area contributed by atoms with Crippen molar-refractivity contribution >= 4 is 0 Å². The quantitative estimate of drug-likeness (QED) is 0.509. The molecule has 0 aromatic carbocycles. The van der Waals surface area contributed by atoms with E-state index in [1.54, 1.807) is 0 Å². The lowest BCUT2D eigenvalue weighted by molar-refractivity contribution is 0.0193. The SMILES string of the molecule is CCCCC(CC)COCC(O)CNCCC1CCCC1. The Kier molecular flexibility index (Phi) is 11.2. The summed E-state index contributed by atoms with van der Waals surface area (Å²) >= 11 is 0. The Labute approximate surface area is 131 Å². The maximum absolute atomic E-state index is 9.92. The van der Waals surface area contributed by atoms with Crippen molar-refractivity contribution in [2.75, 3.05) is 26.3 Å². The normalized spacial score (nSPS) is 19.0. The molecule has 2 N–H and O–H groups in total. The third-order valence-electron chi connectivity index (χ3n) is 4.79. The van der Waals surface area contributed by atoms with Gasteiger partial charge in [-0.15, -0.1) is 0 Å². The molecule has 0 aliphatic heterocycles. The minimum absolute atomic E-state index is 0.364. The molecule has 3 heteroatoms. The number of nitrogens with one attached hydrogen (secondary N) is 1. The van der Waals surface area contributed by atoms with Gasteiger partial charge in [0.1, 0.15) is 0 Å². The van der Waals surface area contributed by atoms with Crippen LogP contribution in [0.3, 0.4) is 0 Å². The van der Waals surface area contributed by atoms with Gasteiger partial charge in [0.05, 0.1) is 12.7 Å².